The van der Waals surface area contributed by atoms with Gasteiger partial charge in [0, 0.05) is 55.0 Å². The number of rotatable bonds is 4. The largest absolute Gasteiger partial charge is 0.487 e. The smallest absolute Gasteiger partial charge is 0.260 e. The second-order valence-corrected chi connectivity index (χ2v) is 8.37. The summed E-state index contributed by atoms with van der Waals surface area (Å²) in [6.45, 7) is 4.76. The third kappa shape index (κ3) is 3.81. The third-order valence-corrected chi connectivity index (χ3v) is 6.14. The lowest BCUT2D eigenvalue weighted by atomic mass is 9.98. The minimum atomic E-state index is -0.385. The zero-order chi connectivity index (χ0) is 21.5. The van der Waals surface area contributed by atoms with Crippen LogP contribution in [0.2, 0.25) is 0 Å². The molecule has 3 heterocycles. The fourth-order valence-electron chi connectivity index (χ4n) is 4.67. The molecule has 1 unspecified atom stereocenters. The molecular formula is C24H24FN3O3. The van der Waals surface area contributed by atoms with Crippen LogP contribution in [0.25, 0.3) is 11.3 Å². The summed E-state index contributed by atoms with van der Waals surface area (Å²) in [6.07, 6.45) is 1.89. The molecule has 160 valence electrons. The molecule has 1 atom stereocenters. The molecule has 31 heavy (non-hydrogen) atoms. The minimum Gasteiger partial charge on any atom is -0.487 e. The van der Waals surface area contributed by atoms with Crippen LogP contribution in [0.3, 0.4) is 0 Å². The number of carbonyl (C=O) groups is 2. The maximum absolute atomic E-state index is 13.8. The first-order valence-electron chi connectivity index (χ1n) is 10.6. The first kappa shape index (κ1) is 19.8. The monoisotopic (exact) mass is 421 g/mol. The molecule has 2 amide bonds. The lowest BCUT2D eigenvalue weighted by Crippen LogP contribution is -2.35. The van der Waals surface area contributed by atoms with Crippen LogP contribution >= 0.6 is 0 Å². The molecule has 0 saturated carbocycles. The van der Waals surface area contributed by atoms with Crippen molar-refractivity contribution >= 4 is 28.8 Å². The molecule has 2 N–H and O–H groups in total. The highest BCUT2D eigenvalue weighted by molar-refractivity contribution is 6.36. The number of halogens is 1. The van der Waals surface area contributed by atoms with E-state index in [1.54, 1.807) is 13.0 Å². The predicted octanol–water partition coefficient (Wildman–Crippen LogP) is 2.93. The summed E-state index contributed by atoms with van der Waals surface area (Å²) in [4.78, 5) is 26.1. The predicted molar refractivity (Wildman–Crippen MR) is 115 cm³/mol. The molecule has 7 heteroatoms. The molecule has 5 rings (SSSR count). The van der Waals surface area contributed by atoms with Crippen molar-refractivity contribution in [2.24, 2.45) is 0 Å². The van der Waals surface area contributed by atoms with Crippen LogP contribution < -0.4 is 10.6 Å². The van der Waals surface area contributed by atoms with Gasteiger partial charge in [0.2, 0.25) is 5.91 Å². The van der Waals surface area contributed by atoms with E-state index in [1.807, 2.05) is 6.07 Å². The molecule has 1 fully saturated rings. The van der Waals surface area contributed by atoms with Crippen molar-refractivity contribution in [3.8, 4) is 0 Å². The summed E-state index contributed by atoms with van der Waals surface area (Å²) >= 11 is 0. The van der Waals surface area contributed by atoms with Gasteiger partial charge in [0.25, 0.3) is 5.91 Å². The molecule has 0 aliphatic carbocycles. The fourth-order valence-corrected chi connectivity index (χ4v) is 4.67. The number of fused-ring (bicyclic) bond motifs is 2. The Kier molecular flexibility index (Phi) is 4.98. The van der Waals surface area contributed by atoms with Crippen molar-refractivity contribution in [3.05, 3.63) is 64.5 Å². The van der Waals surface area contributed by atoms with Crippen LogP contribution in [-0.2, 0) is 27.4 Å². The van der Waals surface area contributed by atoms with E-state index >= 15 is 0 Å². The molecule has 1 saturated heterocycles. The van der Waals surface area contributed by atoms with E-state index in [0.717, 1.165) is 43.6 Å². The molecule has 3 aliphatic rings. The molecule has 3 aliphatic heterocycles. The highest BCUT2D eigenvalue weighted by Gasteiger charge is 2.33. The van der Waals surface area contributed by atoms with E-state index in [-0.39, 0.29) is 23.7 Å². The Bertz CT molecular complexity index is 1110. The van der Waals surface area contributed by atoms with Crippen LogP contribution in [0.4, 0.5) is 10.1 Å². The Morgan fingerprint density at radius 2 is 2.13 bits per heavy atom. The van der Waals surface area contributed by atoms with Crippen molar-refractivity contribution in [2.75, 3.05) is 25.0 Å². The lowest BCUT2D eigenvalue weighted by Gasteiger charge is -2.16. The molecule has 2 aromatic rings. The normalized spacial score (nSPS) is 22.1. The highest BCUT2D eigenvalue weighted by Crippen LogP contribution is 2.41. The zero-order valence-electron chi connectivity index (χ0n) is 17.3. The van der Waals surface area contributed by atoms with Crippen molar-refractivity contribution < 1.29 is 18.7 Å². The van der Waals surface area contributed by atoms with Gasteiger partial charge in [-0.25, -0.2) is 4.39 Å². The number of likely N-dealkylation sites (tertiary alicyclic amines) is 1. The zero-order valence-corrected chi connectivity index (χ0v) is 17.3. The van der Waals surface area contributed by atoms with E-state index in [0.29, 0.717) is 29.2 Å². The summed E-state index contributed by atoms with van der Waals surface area (Å²) in [7, 11) is 0. The number of benzene rings is 2. The average Bonchev–Trinajstić information content (AvgIpc) is 3.42. The summed E-state index contributed by atoms with van der Waals surface area (Å²) in [6, 6.07) is 10.7. The second kappa shape index (κ2) is 7.81. The van der Waals surface area contributed by atoms with Gasteiger partial charge >= 0.3 is 0 Å². The quantitative estimate of drug-likeness (QED) is 0.745. The number of nitrogens with one attached hydrogen (secondary N) is 2. The molecule has 0 bridgehead atoms. The van der Waals surface area contributed by atoms with E-state index in [4.69, 9.17) is 4.74 Å². The van der Waals surface area contributed by atoms with Crippen molar-refractivity contribution in [1.29, 1.82) is 0 Å². The van der Waals surface area contributed by atoms with Gasteiger partial charge in [-0.1, -0.05) is 18.2 Å². The third-order valence-electron chi connectivity index (χ3n) is 6.14. The maximum Gasteiger partial charge on any atom is 0.260 e. The Morgan fingerprint density at radius 3 is 2.97 bits per heavy atom. The van der Waals surface area contributed by atoms with Crippen molar-refractivity contribution in [3.63, 3.8) is 0 Å². The van der Waals surface area contributed by atoms with Crippen molar-refractivity contribution in [1.82, 2.24) is 10.2 Å². The van der Waals surface area contributed by atoms with Crippen LogP contribution in [0.15, 0.2) is 36.4 Å². The molecule has 2 aromatic carbocycles. The Balaban J connectivity index is 1.32. The first-order chi connectivity index (χ1) is 15.0. The van der Waals surface area contributed by atoms with Crippen molar-refractivity contribution in [2.45, 2.75) is 32.4 Å². The van der Waals surface area contributed by atoms with Gasteiger partial charge in [0.1, 0.15) is 18.2 Å². The summed E-state index contributed by atoms with van der Waals surface area (Å²) in [5.74, 6) is -0.113. The lowest BCUT2D eigenvalue weighted by molar-refractivity contribution is -0.119. The number of nitrogens with zero attached hydrogens (tertiary/aromatic N) is 1. The number of hydrogen-bond acceptors (Lipinski definition) is 4. The van der Waals surface area contributed by atoms with Crippen LogP contribution in [0.1, 0.15) is 35.6 Å². The van der Waals surface area contributed by atoms with Crippen LogP contribution in [0.5, 0.6) is 0 Å². The van der Waals surface area contributed by atoms with Crippen LogP contribution in [0, 0.1) is 5.82 Å². The molecule has 0 radical (unpaired) electrons. The SMILES string of the molecule is CC(=O)NC1CCN(CCc2ccc3c(c2)CO/C3=C2/C(=O)Nc3ccc(F)cc32)C1. The number of carbonyl (C=O) groups excluding carboxylic acids is 2. The number of ether oxygens (including phenoxy) is 1. The van der Waals surface area contributed by atoms with E-state index in [1.165, 1.54) is 17.7 Å². The van der Waals surface area contributed by atoms with Crippen LogP contribution in [-0.4, -0.2) is 42.4 Å². The standard InChI is InChI=1S/C24H24FN3O3/c1-14(29)26-18-7-9-28(12-18)8-6-15-2-4-19-16(10-15)13-31-23(19)22-20-11-17(25)3-5-21(20)27-24(22)30/h2-5,10-11,18H,6-9,12-13H2,1H3,(H,26,29)(H,27,30)/b23-22+. The summed E-state index contributed by atoms with van der Waals surface area (Å²) < 4.78 is 19.7. The topological polar surface area (TPSA) is 70.7 Å². The second-order valence-electron chi connectivity index (χ2n) is 8.37. The van der Waals surface area contributed by atoms with Gasteiger partial charge in [-0.15, -0.1) is 0 Å². The average molecular weight is 421 g/mol. The molecule has 0 spiro atoms. The van der Waals surface area contributed by atoms with Gasteiger partial charge in [-0.2, -0.15) is 0 Å². The van der Waals surface area contributed by atoms with Gasteiger partial charge < -0.3 is 20.3 Å². The van der Waals surface area contributed by atoms with Gasteiger partial charge in [-0.3, -0.25) is 9.59 Å². The summed E-state index contributed by atoms with van der Waals surface area (Å²) in [5, 5.41) is 5.78. The van der Waals surface area contributed by atoms with Gasteiger partial charge in [0.05, 0.1) is 5.57 Å². The van der Waals surface area contributed by atoms with E-state index in [2.05, 4.69) is 27.7 Å². The van der Waals surface area contributed by atoms with E-state index in [9.17, 15) is 14.0 Å². The number of hydrogen-bond donors (Lipinski definition) is 2. The first-order valence-corrected chi connectivity index (χ1v) is 10.6. The Morgan fingerprint density at radius 1 is 1.26 bits per heavy atom. The van der Waals surface area contributed by atoms with E-state index < -0.39 is 0 Å². The van der Waals surface area contributed by atoms with Gasteiger partial charge in [-0.05, 0) is 36.6 Å². The Labute approximate surface area is 180 Å². The minimum absolute atomic E-state index is 0.0247. The van der Waals surface area contributed by atoms with Gasteiger partial charge in [0.15, 0.2) is 0 Å². The molecule has 6 nitrogen and oxygen atoms in total. The Hall–Kier alpha value is -3.19. The maximum atomic E-state index is 13.8. The summed E-state index contributed by atoms with van der Waals surface area (Å²) in [5.41, 5.74) is 4.67. The number of anilines is 1. The highest BCUT2D eigenvalue weighted by atomic mass is 19.1. The number of amides is 2. The molecular weight excluding hydrogens is 397 g/mol. The fraction of sp³-hybridized carbons (Fsp3) is 0.333. The molecule has 0 aromatic heterocycles.